The van der Waals surface area contributed by atoms with Crippen LogP contribution in [-0.4, -0.2) is 34.8 Å². The molecule has 0 aromatic carbocycles. The molecule has 0 unspecified atom stereocenters. The quantitative estimate of drug-likeness (QED) is 0.925. The Morgan fingerprint density at radius 1 is 1.45 bits per heavy atom. The number of carboxylic acid groups (broad SMARTS) is 1. The zero-order valence-electron chi connectivity index (χ0n) is 11.2. The first-order chi connectivity index (χ1) is 9.19. The summed E-state index contributed by atoms with van der Waals surface area (Å²) in [5.74, 6) is -1.25. The van der Waals surface area contributed by atoms with Gasteiger partial charge in [-0.15, -0.1) is 0 Å². The van der Waals surface area contributed by atoms with Gasteiger partial charge in [-0.3, -0.25) is 4.98 Å². The molecule has 1 heterocycles. The van der Waals surface area contributed by atoms with E-state index in [-0.39, 0.29) is 23.0 Å². The molecule has 0 spiro atoms. The average molecular weight is 288 g/mol. The van der Waals surface area contributed by atoms with Crippen LogP contribution >= 0.6 is 0 Å². The van der Waals surface area contributed by atoms with E-state index in [0.717, 1.165) is 4.90 Å². The molecule has 110 valence electrons. The molecule has 1 aliphatic rings. The van der Waals surface area contributed by atoms with Crippen LogP contribution in [0, 0.1) is 13.8 Å². The maximum absolute atomic E-state index is 12.7. The molecule has 1 aliphatic carbocycles. The van der Waals surface area contributed by atoms with Crippen molar-refractivity contribution in [3.05, 3.63) is 23.0 Å². The normalized spacial score (nSPS) is 15.2. The molecule has 0 aliphatic heterocycles. The van der Waals surface area contributed by atoms with Crippen LogP contribution in [0.15, 0.2) is 6.07 Å². The number of pyridine rings is 1. The fraction of sp³-hybridized carbons (Fsp3) is 0.538. The molecule has 0 radical (unpaired) electrons. The van der Waals surface area contributed by atoms with E-state index < -0.39 is 18.7 Å². The zero-order valence-corrected chi connectivity index (χ0v) is 11.2. The number of aromatic nitrogens is 1. The van der Waals surface area contributed by atoms with E-state index in [0.29, 0.717) is 18.5 Å². The van der Waals surface area contributed by atoms with Crippen molar-refractivity contribution in [2.45, 2.75) is 38.9 Å². The zero-order chi connectivity index (χ0) is 15.1. The number of rotatable bonds is 4. The van der Waals surface area contributed by atoms with E-state index in [2.05, 4.69) is 4.98 Å². The number of nitrogens with zero attached hydrogens (tertiary/aromatic N) is 2. The second kappa shape index (κ2) is 4.96. The molecule has 4 nitrogen and oxygen atoms in total. The lowest BCUT2D eigenvalue weighted by molar-refractivity contribution is -0.120. The van der Waals surface area contributed by atoms with E-state index in [1.54, 1.807) is 6.92 Å². The molecule has 1 aromatic heterocycles. The predicted molar refractivity (Wildman–Crippen MR) is 67.1 cm³/mol. The highest BCUT2D eigenvalue weighted by molar-refractivity contribution is 5.95. The third kappa shape index (κ3) is 3.20. The fourth-order valence-electron chi connectivity index (χ4n) is 2.29. The van der Waals surface area contributed by atoms with Gasteiger partial charge in [0.25, 0.3) is 0 Å². The van der Waals surface area contributed by atoms with Crippen molar-refractivity contribution in [2.75, 3.05) is 11.4 Å². The topological polar surface area (TPSA) is 53.4 Å². The number of aromatic carboxylic acids is 1. The molecule has 1 fully saturated rings. The van der Waals surface area contributed by atoms with Crippen LogP contribution in [0.25, 0.3) is 0 Å². The van der Waals surface area contributed by atoms with Gasteiger partial charge in [0.15, 0.2) is 0 Å². The first kappa shape index (κ1) is 14.6. The monoisotopic (exact) mass is 288 g/mol. The van der Waals surface area contributed by atoms with Crippen LogP contribution < -0.4 is 4.90 Å². The third-order valence-corrected chi connectivity index (χ3v) is 3.17. The highest BCUT2D eigenvalue weighted by Gasteiger charge is 2.40. The Bertz CT molecular complexity index is 539. The molecule has 1 aromatic rings. The van der Waals surface area contributed by atoms with Gasteiger partial charge in [-0.25, -0.2) is 4.79 Å². The third-order valence-electron chi connectivity index (χ3n) is 3.17. The molecule has 0 bridgehead atoms. The lowest BCUT2D eigenvalue weighted by atomic mass is 10.1. The molecule has 20 heavy (non-hydrogen) atoms. The van der Waals surface area contributed by atoms with E-state index in [1.165, 1.54) is 13.0 Å². The van der Waals surface area contributed by atoms with Gasteiger partial charge in [0, 0.05) is 11.7 Å². The largest absolute Gasteiger partial charge is 0.478 e. The summed E-state index contributed by atoms with van der Waals surface area (Å²) >= 11 is 0. The van der Waals surface area contributed by atoms with E-state index >= 15 is 0 Å². The number of anilines is 1. The maximum atomic E-state index is 12.7. The standard InChI is InChI=1S/C13H15F3N2O2/c1-7-5-10(11(12(19)20)8(2)17-7)18(9-3-4-9)6-13(14,15)16/h5,9H,3-4,6H2,1-2H3,(H,19,20). The first-order valence-corrected chi connectivity index (χ1v) is 6.24. The average Bonchev–Trinajstić information content (AvgIpc) is 3.06. The van der Waals surface area contributed by atoms with Crippen molar-refractivity contribution >= 4 is 11.7 Å². The second-order valence-corrected chi connectivity index (χ2v) is 5.02. The Morgan fingerprint density at radius 2 is 2.05 bits per heavy atom. The molecule has 7 heteroatoms. The summed E-state index contributed by atoms with van der Waals surface area (Å²) < 4.78 is 38.1. The summed E-state index contributed by atoms with van der Waals surface area (Å²) in [6.45, 7) is 2.00. The number of hydrogen-bond acceptors (Lipinski definition) is 3. The minimum Gasteiger partial charge on any atom is -0.478 e. The molecule has 0 atom stereocenters. The molecule has 0 amide bonds. The van der Waals surface area contributed by atoms with Crippen molar-refractivity contribution in [2.24, 2.45) is 0 Å². The molecule has 1 N–H and O–H groups in total. The Kier molecular flexibility index (Phi) is 3.62. The van der Waals surface area contributed by atoms with Gasteiger partial charge in [0.2, 0.25) is 0 Å². The van der Waals surface area contributed by atoms with E-state index in [1.807, 2.05) is 0 Å². The number of halogens is 3. The molecule has 0 saturated heterocycles. The highest BCUT2D eigenvalue weighted by Crippen LogP contribution is 2.37. The molecule has 1 saturated carbocycles. The Morgan fingerprint density at radius 3 is 2.50 bits per heavy atom. The van der Waals surface area contributed by atoms with Gasteiger partial charge in [-0.1, -0.05) is 0 Å². The summed E-state index contributed by atoms with van der Waals surface area (Å²) in [4.78, 5) is 16.5. The van der Waals surface area contributed by atoms with Gasteiger partial charge in [-0.05, 0) is 32.8 Å². The SMILES string of the molecule is Cc1cc(N(CC(F)(F)F)C2CC2)c(C(=O)O)c(C)n1. The summed E-state index contributed by atoms with van der Waals surface area (Å²) in [5, 5.41) is 9.24. The maximum Gasteiger partial charge on any atom is 0.405 e. The minimum atomic E-state index is -4.37. The van der Waals surface area contributed by atoms with Crippen molar-refractivity contribution in [1.29, 1.82) is 0 Å². The number of carbonyl (C=O) groups is 1. The van der Waals surface area contributed by atoms with Crippen LogP contribution in [0.4, 0.5) is 18.9 Å². The first-order valence-electron chi connectivity index (χ1n) is 6.24. The van der Waals surface area contributed by atoms with Crippen molar-refractivity contribution in [3.8, 4) is 0 Å². The smallest absolute Gasteiger partial charge is 0.405 e. The predicted octanol–water partition coefficient (Wildman–Crippen LogP) is 2.93. The van der Waals surface area contributed by atoms with E-state index in [9.17, 15) is 23.1 Å². The van der Waals surface area contributed by atoms with Crippen LogP contribution in [0.3, 0.4) is 0 Å². The van der Waals surface area contributed by atoms with Gasteiger partial charge >= 0.3 is 12.1 Å². The number of alkyl halides is 3. The summed E-state index contributed by atoms with van der Waals surface area (Å²) in [5.41, 5.74) is 0.713. The van der Waals surface area contributed by atoms with Gasteiger partial charge < -0.3 is 10.0 Å². The molecular formula is C13H15F3N2O2. The Labute approximate surface area is 114 Å². The molecular weight excluding hydrogens is 273 g/mol. The summed E-state index contributed by atoms with van der Waals surface area (Å²) in [7, 11) is 0. The van der Waals surface area contributed by atoms with Crippen LogP contribution in [0.2, 0.25) is 0 Å². The van der Waals surface area contributed by atoms with Crippen molar-refractivity contribution in [3.63, 3.8) is 0 Å². The van der Waals surface area contributed by atoms with Gasteiger partial charge in [-0.2, -0.15) is 13.2 Å². The van der Waals surface area contributed by atoms with Crippen LogP contribution in [0.1, 0.15) is 34.6 Å². The van der Waals surface area contributed by atoms with Gasteiger partial charge in [0.1, 0.15) is 12.1 Å². The minimum absolute atomic E-state index is 0.113. The fourth-order valence-corrected chi connectivity index (χ4v) is 2.29. The summed E-state index contributed by atoms with van der Waals surface area (Å²) in [6.07, 6.45) is -3.07. The lowest BCUT2D eigenvalue weighted by Crippen LogP contribution is -2.37. The van der Waals surface area contributed by atoms with Gasteiger partial charge in [0.05, 0.1) is 11.4 Å². The molecule has 2 rings (SSSR count). The van der Waals surface area contributed by atoms with E-state index in [4.69, 9.17) is 0 Å². The second-order valence-electron chi connectivity index (χ2n) is 5.02. The number of carboxylic acids is 1. The van der Waals surface area contributed by atoms with Crippen LogP contribution in [-0.2, 0) is 0 Å². The summed E-state index contributed by atoms with van der Waals surface area (Å²) in [6, 6.07) is 1.18. The highest BCUT2D eigenvalue weighted by atomic mass is 19.4. The van der Waals surface area contributed by atoms with Crippen LogP contribution in [0.5, 0.6) is 0 Å². The van der Waals surface area contributed by atoms with Crippen molar-refractivity contribution < 1.29 is 23.1 Å². The number of hydrogen-bond donors (Lipinski definition) is 1. The number of aryl methyl sites for hydroxylation is 2. The Hall–Kier alpha value is -1.79. The Balaban J connectivity index is 2.49. The lowest BCUT2D eigenvalue weighted by Gasteiger charge is -2.28. The van der Waals surface area contributed by atoms with Crippen molar-refractivity contribution in [1.82, 2.24) is 4.98 Å².